The summed E-state index contributed by atoms with van der Waals surface area (Å²) in [4.78, 5) is 4.30. The largest absolute Gasteiger partial charge is 0.271 e. The highest BCUT2D eigenvalue weighted by Crippen LogP contribution is 2.21. The fourth-order valence-electron chi connectivity index (χ4n) is 1.71. The number of nitrogens with two attached hydrogens (primary N) is 1. The van der Waals surface area contributed by atoms with Gasteiger partial charge in [0.05, 0.1) is 17.2 Å². The van der Waals surface area contributed by atoms with Crippen LogP contribution in [-0.4, -0.2) is 4.98 Å². The van der Waals surface area contributed by atoms with Crippen LogP contribution in [0.4, 0.5) is 0 Å². The molecule has 2 rings (SSSR count). The highest BCUT2D eigenvalue weighted by Gasteiger charge is 2.14. The molecule has 1 atom stereocenters. The minimum absolute atomic E-state index is 0.0160. The maximum atomic E-state index is 5.60. The second-order valence-electron chi connectivity index (χ2n) is 3.61. The molecule has 1 heterocycles. The average Bonchev–Trinajstić information content (AvgIpc) is 2.84. The van der Waals surface area contributed by atoms with Gasteiger partial charge in [-0.25, -0.2) is 10.4 Å². The van der Waals surface area contributed by atoms with Crippen molar-refractivity contribution in [2.75, 3.05) is 0 Å². The van der Waals surface area contributed by atoms with E-state index >= 15 is 0 Å². The van der Waals surface area contributed by atoms with Crippen molar-refractivity contribution in [1.29, 1.82) is 0 Å². The molecule has 1 aromatic carbocycles. The van der Waals surface area contributed by atoms with Gasteiger partial charge in [0.25, 0.3) is 0 Å². The zero-order chi connectivity index (χ0) is 11.4. The third-order valence-electron chi connectivity index (χ3n) is 2.61. The molecule has 0 aliphatic heterocycles. The Morgan fingerprint density at radius 3 is 3.00 bits per heavy atom. The molecule has 0 radical (unpaired) electrons. The summed E-state index contributed by atoms with van der Waals surface area (Å²) in [5.41, 5.74) is 8.08. The molecular weight excluding hydrogens is 218 g/mol. The van der Waals surface area contributed by atoms with Crippen LogP contribution in [0.25, 0.3) is 0 Å². The molecule has 0 amide bonds. The van der Waals surface area contributed by atoms with E-state index in [9.17, 15) is 0 Å². The smallest absolute Gasteiger partial charge is 0.0890 e. The number of nitrogens with one attached hydrogen (secondary N) is 1. The number of hydrogen-bond donors (Lipinski definition) is 2. The summed E-state index contributed by atoms with van der Waals surface area (Å²) >= 11 is 1.58. The Morgan fingerprint density at radius 1 is 1.50 bits per heavy atom. The second-order valence-corrected chi connectivity index (χ2v) is 4.33. The Balaban J connectivity index is 2.33. The first-order valence-electron chi connectivity index (χ1n) is 5.28. The van der Waals surface area contributed by atoms with Gasteiger partial charge in [-0.3, -0.25) is 5.84 Å². The molecule has 16 heavy (non-hydrogen) atoms. The third kappa shape index (κ3) is 2.29. The van der Waals surface area contributed by atoms with Crippen molar-refractivity contribution in [2.45, 2.75) is 19.4 Å². The van der Waals surface area contributed by atoms with Gasteiger partial charge in [-0.05, 0) is 17.5 Å². The molecule has 0 spiro atoms. The first kappa shape index (κ1) is 11.3. The van der Waals surface area contributed by atoms with E-state index in [4.69, 9.17) is 5.84 Å². The van der Waals surface area contributed by atoms with Crippen LogP contribution in [0.1, 0.15) is 29.8 Å². The van der Waals surface area contributed by atoms with E-state index in [0.29, 0.717) is 0 Å². The fourth-order valence-corrected chi connectivity index (χ4v) is 2.29. The van der Waals surface area contributed by atoms with E-state index in [0.717, 1.165) is 17.7 Å². The summed E-state index contributed by atoms with van der Waals surface area (Å²) < 4.78 is 0. The Bertz CT molecular complexity index is 439. The Labute approximate surface area is 99.3 Å². The zero-order valence-corrected chi connectivity index (χ0v) is 10.00. The summed E-state index contributed by atoms with van der Waals surface area (Å²) in [6.45, 7) is 2.15. The second kappa shape index (κ2) is 5.21. The number of rotatable bonds is 4. The minimum atomic E-state index is -0.0160. The molecule has 0 saturated carbocycles. The first-order chi connectivity index (χ1) is 7.85. The quantitative estimate of drug-likeness (QED) is 0.629. The highest BCUT2D eigenvalue weighted by atomic mass is 32.1. The number of aromatic nitrogens is 1. The summed E-state index contributed by atoms with van der Waals surface area (Å²) in [5.74, 6) is 5.60. The van der Waals surface area contributed by atoms with Crippen molar-refractivity contribution >= 4 is 11.3 Å². The number of hydrogen-bond acceptors (Lipinski definition) is 4. The highest BCUT2D eigenvalue weighted by molar-refractivity contribution is 7.07. The van der Waals surface area contributed by atoms with Crippen LogP contribution in [0, 0.1) is 0 Å². The lowest BCUT2D eigenvalue weighted by atomic mass is 10.0. The maximum absolute atomic E-state index is 5.60. The number of benzene rings is 1. The lowest BCUT2D eigenvalue weighted by molar-refractivity contribution is 0.623. The number of thiazole rings is 1. The zero-order valence-electron chi connectivity index (χ0n) is 9.18. The predicted molar refractivity (Wildman–Crippen MR) is 67.1 cm³/mol. The topological polar surface area (TPSA) is 50.9 Å². The van der Waals surface area contributed by atoms with Gasteiger partial charge in [0.1, 0.15) is 0 Å². The van der Waals surface area contributed by atoms with Crippen molar-refractivity contribution < 1.29 is 0 Å². The summed E-state index contributed by atoms with van der Waals surface area (Å²) in [5, 5.41) is 2.02. The number of nitrogens with zero attached hydrogens (tertiary/aromatic N) is 1. The van der Waals surface area contributed by atoms with Crippen LogP contribution < -0.4 is 11.3 Å². The minimum Gasteiger partial charge on any atom is -0.271 e. The van der Waals surface area contributed by atoms with Gasteiger partial charge in [-0.15, -0.1) is 11.3 Å². The van der Waals surface area contributed by atoms with E-state index in [2.05, 4.69) is 41.6 Å². The monoisotopic (exact) mass is 233 g/mol. The van der Waals surface area contributed by atoms with Gasteiger partial charge >= 0.3 is 0 Å². The van der Waals surface area contributed by atoms with Gasteiger partial charge in [-0.1, -0.05) is 31.2 Å². The average molecular weight is 233 g/mol. The van der Waals surface area contributed by atoms with E-state index in [1.807, 2.05) is 10.9 Å². The maximum Gasteiger partial charge on any atom is 0.0890 e. The number of hydrazine groups is 1. The van der Waals surface area contributed by atoms with Crippen molar-refractivity contribution in [3.05, 3.63) is 52.0 Å². The van der Waals surface area contributed by atoms with Gasteiger partial charge < -0.3 is 0 Å². The molecule has 3 nitrogen and oxygen atoms in total. The van der Waals surface area contributed by atoms with Gasteiger partial charge in [0, 0.05) is 5.38 Å². The van der Waals surface area contributed by atoms with Gasteiger partial charge in [0.2, 0.25) is 0 Å². The molecule has 4 heteroatoms. The van der Waals surface area contributed by atoms with Crippen molar-refractivity contribution in [3.63, 3.8) is 0 Å². The molecule has 0 fully saturated rings. The third-order valence-corrected chi connectivity index (χ3v) is 3.21. The van der Waals surface area contributed by atoms with E-state index in [1.165, 1.54) is 5.56 Å². The van der Waals surface area contributed by atoms with E-state index < -0.39 is 0 Å². The summed E-state index contributed by atoms with van der Waals surface area (Å²) in [6.07, 6.45) is 1.03. The molecule has 0 bridgehead atoms. The Morgan fingerprint density at radius 2 is 2.38 bits per heavy atom. The van der Waals surface area contributed by atoms with Crippen LogP contribution in [0.2, 0.25) is 0 Å². The van der Waals surface area contributed by atoms with Gasteiger partial charge in [0.15, 0.2) is 0 Å². The van der Waals surface area contributed by atoms with Crippen molar-refractivity contribution in [2.24, 2.45) is 5.84 Å². The molecule has 0 saturated heterocycles. The summed E-state index contributed by atoms with van der Waals surface area (Å²) in [6, 6.07) is 8.41. The number of aryl methyl sites for hydroxylation is 1. The van der Waals surface area contributed by atoms with Crippen LogP contribution >= 0.6 is 11.3 Å². The van der Waals surface area contributed by atoms with Crippen LogP contribution in [0.5, 0.6) is 0 Å². The summed E-state index contributed by atoms with van der Waals surface area (Å²) in [7, 11) is 0. The van der Waals surface area contributed by atoms with E-state index in [1.54, 1.807) is 11.3 Å². The molecule has 84 valence electrons. The Hall–Kier alpha value is -1.23. The fraction of sp³-hybridized carbons (Fsp3) is 0.250. The first-order valence-corrected chi connectivity index (χ1v) is 6.22. The molecule has 1 aromatic heterocycles. The Kier molecular flexibility index (Phi) is 3.66. The molecule has 3 N–H and O–H groups in total. The molecule has 0 aliphatic rings. The molecule has 0 aliphatic carbocycles. The molecular formula is C12H15N3S. The van der Waals surface area contributed by atoms with E-state index in [-0.39, 0.29) is 6.04 Å². The molecule has 2 aromatic rings. The van der Waals surface area contributed by atoms with Crippen molar-refractivity contribution in [3.8, 4) is 0 Å². The van der Waals surface area contributed by atoms with Gasteiger partial charge in [-0.2, -0.15) is 0 Å². The SMILES string of the molecule is CCc1cccc(C(NN)c2cscn2)c1. The van der Waals surface area contributed by atoms with Crippen LogP contribution in [-0.2, 0) is 6.42 Å². The normalized spacial score (nSPS) is 12.6. The lowest BCUT2D eigenvalue weighted by Crippen LogP contribution is -2.29. The lowest BCUT2D eigenvalue weighted by Gasteiger charge is -2.14. The standard InChI is InChI=1S/C12H15N3S/c1-2-9-4-3-5-10(6-9)12(15-13)11-7-16-8-14-11/h3-8,12,15H,2,13H2,1H3. The molecule has 1 unspecified atom stereocenters. The van der Waals surface area contributed by atoms with Crippen LogP contribution in [0.15, 0.2) is 35.2 Å². The van der Waals surface area contributed by atoms with Crippen molar-refractivity contribution in [1.82, 2.24) is 10.4 Å². The predicted octanol–water partition coefficient (Wildman–Crippen LogP) is 2.26. The van der Waals surface area contributed by atoms with Crippen LogP contribution in [0.3, 0.4) is 0 Å².